The summed E-state index contributed by atoms with van der Waals surface area (Å²) >= 11 is 0. The molecule has 18 heavy (non-hydrogen) atoms. The number of likely N-dealkylation sites (tertiary alicyclic amines) is 1. The Morgan fingerprint density at radius 3 is 1.94 bits per heavy atom. The lowest BCUT2D eigenvalue weighted by Gasteiger charge is -2.26. The third-order valence-corrected chi connectivity index (χ3v) is 2.53. The summed E-state index contributed by atoms with van der Waals surface area (Å²) in [4.78, 5) is 20.8. The highest BCUT2D eigenvalue weighted by molar-refractivity contribution is 5.83. The number of carboxylic acids is 1. The maximum atomic E-state index is 12.4. The number of amides is 1. The summed E-state index contributed by atoms with van der Waals surface area (Å²) < 4.78 is 73.6. The van der Waals surface area contributed by atoms with Gasteiger partial charge in [-0.05, 0) is 6.42 Å². The predicted octanol–water partition coefficient (Wildman–Crippen LogP) is 1.41. The fourth-order valence-corrected chi connectivity index (χ4v) is 1.71. The van der Waals surface area contributed by atoms with E-state index in [0.717, 1.165) is 0 Å². The Bertz CT molecular complexity index is 363. The second kappa shape index (κ2) is 4.32. The molecule has 0 saturated carbocycles. The minimum Gasteiger partial charge on any atom is -0.481 e. The molecule has 1 heterocycles. The molecular weight excluding hydrogens is 272 g/mol. The van der Waals surface area contributed by atoms with Crippen molar-refractivity contribution in [2.45, 2.75) is 24.8 Å². The van der Waals surface area contributed by atoms with Crippen molar-refractivity contribution in [2.24, 2.45) is 5.92 Å². The van der Waals surface area contributed by atoms with Crippen LogP contribution < -0.4 is 0 Å². The van der Waals surface area contributed by atoms with Gasteiger partial charge in [-0.3, -0.25) is 9.59 Å². The van der Waals surface area contributed by atoms with Crippen LogP contribution >= 0.6 is 0 Å². The third-order valence-electron chi connectivity index (χ3n) is 2.53. The van der Waals surface area contributed by atoms with Gasteiger partial charge in [0.1, 0.15) is 6.04 Å². The highest BCUT2D eigenvalue weighted by atomic mass is 19.4. The highest BCUT2D eigenvalue weighted by Crippen LogP contribution is 2.37. The Balaban J connectivity index is 3.00. The average molecular weight is 279 g/mol. The fraction of sp³-hybridized carbons (Fsp3) is 0.750. The van der Waals surface area contributed by atoms with Crippen molar-refractivity contribution in [3.05, 3.63) is 0 Å². The van der Waals surface area contributed by atoms with E-state index < -0.39 is 54.1 Å². The number of halogens is 6. The Hall–Kier alpha value is -1.48. The number of hydrogen-bond donors (Lipinski definition) is 1. The number of carboxylic acid groups (broad SMARTS) is 1. The SMILES string of the molecule is O=C(O)C1CC(C(F)(F)F)N(C(=O)C(F)(F)F)C1. The van der Waals surface area contributed by atoms with Gasteiger partial charge in [-0.15, -0.1) is 0 Å². The van der Waals surface area contributed by atoms with Gasteiger partial charge >= 0.3 is 24.2 Å². The van der Waals surface area contributed by atoms with Crippen LogP contribution in [0.2, 0.25) is 0 Å². The smallest absolute Gasteiger partial charge is 0.471 e. The molecule has 1 aliphatic heterocycles. The first-order chi connectivity index (χ1) is 7.94. The maximum Gasteiger partial charge on any atom is 0.471 e. The monoisotopic (exact) mass is 279 g/mol. The molecule has 0 aromatic carbocycles. The zero-order chi connectivity index (χ0) is 14.3. The van der Waals surface area contributed by atoms with E-state index in [1.807, 2.05) is 0 Å². The van der Waals surface area contributed by atoms with Crippen molar-refractivity contribution in [2.75, 3.05) is 6.54 Å². The van der Waals surface area contributed by atoms with Crippen LogP contribution in [0.5, 0.6) is 0 Å². The van der Waals surface area contributed by atoms with Crippen LogP contribution in [-0.4, -0.2) is 46.8 Å². The second-order valence-electron chi connectivity index (χ2n) is 3.78. The molecule has 1 fully saturated rings. The van der Waals surface area contributed by atoms with E-state index in [9.17, 15) is 35.9 Å². The van der Waals surface area contributed by atoms with Crippen LogP contribution in [0.25, 0.3) is 0 Å². The van der Waals surface area contributed by atoms with Gasteiger partial charge in [-0.25, -0.2) is 0 Å². The molecule has 2 unspecified atom stereocenters. The number of rotatable bonds is 1. The molecular formula is C8H7F6NO3. The first-order valence-corrected chi connectivity index (χ1v) is 4.62. The molecule has 1 saturated heterocycles. The molecule has 104 valence electrons. The van der Waals surface area contributed by atoms with Gasteiger partial charge in [0, 0.05) is 6.54 Å². The molecule has 0 radical (unpaired) electrons. The van der Waals surface area contributed by atoms with E-state index in [-0.39, 0.29) is 0 Å². The molecule has 1 amide bonds. The Kier molecular flexibility index (Phi) is 3.50. The molecule has 4 nitrogen and oxygen atoms in total. The molecule has 2 atom stereocenters. The van der Waals surface area contributed by atoms with E-state index >= 15 is 0 Å². The van der Waals surface area contributed by atoms with Crippen molar-refractivity contribution in [3.63, 3.8) is 0 Å². The van der Waals surface area contributed by atoms with Crippen LogP contribution in [0.4, 0.5) is 26.3 Å². The van der Waals surface area contributed by atoms with Gasteiger partial charge in [0.05, 0.1) is 5.92 Å². The van der Waals surface area contributed by atoms with Gasteiger partial charge < -0.3 is 10.0 Å². The Labute approximate surface area is 96.2 Å². The number of carbonyl (C=O) groups excluding carboxylic acids is 1. The second-order valence-corrected chi connectivity index (χ2v) is 3.78. The number of alkyl halides is 6. The average Bonchev–Trinajstić information content (AvgIpc) is 2.58. The fourth-order valence-electron chi connectivity index (χ4n) is 1.71. The molecule has 0 spiro atoms. The number of carbonyl (C=O) groups is 2. The van der Waals surface area contributed by atoms with Gasteiger partial charge in [0.2, 0.25) is 0 Å². The van der Waals surface area contributed by atoms with Gasteiger partial charge in [-0.1, -0.05) is 0 Å². The minimum absolute atomic E-state index is 0.473. The first kappa shape index (κ1) is 14.6. The molecule has 1 N–H and O–H groups in total. The van der Waals surface area contributed by atoms with Crippen molar-refractivity contribution >= 4 is 11.9 Å². The Morgan fingerprint density at radius 2 is 1.61 bits per heavy atom. The molecule has 0 aromatic rings. The largest absolute Gasteiger partial charge is 0.481 e. The van der Waals surface area contributed by atoms with Gasteiger partial charge in [0.25, 0.3) is 0 Å². The number of hydrogen-bond acceptors (Lipinski definition) is 2. The van der Waals surface area contributed by atoms with Crippen LogP contribution in [0.1, 0.15) is 6.42 Å². The summed E-state index contributed by atoms with van der Waals surface area (Å²) in [6.45, 7) is -1.10. The van der Waals surface area contributed by atoms with Crippen LogP contribution in [-0.2, 0) is 9.59 Å². The zero-order valence-electron chi connectivity index (χ0n) is 8.55. The summed E-state index contributed by atoms with van der Waals surface area (Å²) in [5.41, 5.74) is 0. The van der Waals surface area contributed by atoms with Crippen molar-refractivity contribution in [1.82, 2.24) is 4.90 Å². The third kappa shape index (κ3) is 2.85. The van der Waals surface area contributed by atoms with Crippen molar-refractivity contribution < 1.29 is 41.0 Å². The molecule has 10 heteroatoms. The molecule has 0 bridgehead atoms. The van der Waals surface area contributed by atoms with Crippen LogP contribution in [0, 0.1) is 5.92 Å². The van der Waals surface area contributed by atoms with E-state index in [2.05, 4.69) is 0 Å². The minimum atomic E-state index is -5.46. The van der Waals surface area contributed by atoms with Crippen LogP contribution in [0.3, 0.4) is 0 Å². The number of nitrogens with zero attached hydrogens (tertiary/aromatic N) is 1. The van der Waals surface area contributed by atoms with Crippen molar-refractivity contribution in [3.8, 4) is 0 Å². The standard InChI is InChI=1S/C8H7F6NO3/c9-7(10,11)4-1-3(5(16)17)2-15(4)6(18)8(12,13)14/h3-4H,1-2H2,(H,16,17). The molecule has 1 aliphatic rings. The molecule has 0 aliphatic carbocycles. The summed E-state index contributed by atoms with van der Waals surface area (Å²) in [6, 6.07) is -2.72. The van der Waals surface area contributed by atoms with Gasteiger partial charge in [0.15, 0.2) is 0 Å². The molecule has 0 aromatic heterocycles. The topological polar surface area (TPSA) is 57.6 Å². The van der Waals surface area contributed by atoms with Crippen LogP contribution in [0.15, 0.2) is 0 Å². The normalized spacial score (nSPS) is 25.3. The summed E-state index contributed by atoms with van der Waals surface area (Å²) in [5, 5.41) is 8.51. The molecule has 1 rings (SSSR count). The van der Waals surface area contributed by atoms with Crippen molar-refractivity contribution in [1.29, 1.82) is 0 Å². The first-order valence-electron chi connectivity index (χ1n) is 4.62. The summed E-state index contributed by atoms with van der Waals surface area (Å²) in [5.74, 6) is -5.99. The lowest BCUT2D eigenvalue weighted by atomic mass is 10.1. The van der Waals surface area contributed by atoms with E-state index in [1.165, 1.54) is 0 Å². The highest BCUT2D eigenvalue weighted by Gasteiger charge is 2.57. The zero-order valence-corrected chi connectivity index (χ0v) is 8.55. The van der Waals surface area contributed by atoms with E-state index in [0.29, 0.717) is 0 Å². The van der Waals surface area contributed by atoms with E-state index in [4.69, 9.17) is 5.11 Å². The lowest BCUT2D eigenvalue weighted by molar-refractivity contribution is -0.208. The number of aliphatic carboxylic acids is 1. The summed E-state index contributed by atoms with van der Waals surface area (Å²) in [6.07, 6.45) is -11.6. The summed E-state index contributed by atoms with van der Waals surface area (Å²) in [7, 11) is 0. The van der Waals surface area contributed by atoms with E-state index in [1.54, 1.807) is 0 Å². The quantitative estimate of drug-likeness (QED) is 0.738. The van der Waals surface area contributed by atoms with Gasteiger partial charge in [-0.2, -0.15) is 26.3 Å². The lowest BCUT2D eigenvalue weighted by Crippen LogP contribution is -2.49. The predicted molar refractivity (Wildman–Crippen MR) is 43.4 cm³/mol. The Morgan fingerprint density at radius 1 is 1.11 bits per heavy atom. The maximum absolute atomic E-state index is 12.4.